The molecule has 0 spiro atoms. The van der Waals surface area contributed by atoms with Crippen molar-refractivity contribution < 1.29 is 24.2 Å². The van der Waals surface area contributed by atoms with E-state index in [0.29, 0.717) is 17.7 Å². The largest absolute Gasteiger partial charge is 0.478 e. The highest BCUT2D eigenvalue weighted by Gasteiger charge is 2.69. The quantitative estimate of drug-likeness (QED) is 0.161. The van der Waals surface area contributed by atoms with Gasteiger partial charge in [-0.3, -0.25) is 4.79 Å². The molecule has 2 N–H and O–H groups in total. The van der Waals surface area contributed by atoms with E-state index >= 15 is 0 Å². The van der Waals surface area contributed by atoms with Crippen LogP contribution >= 0.6 is 0 Å². The summed E-state index contributed by atoms with van der Waals surface area (Å²) in [7, 11) is 4.18. The van der Waals surface area contributed by atoms with Crippen LogP contribution in [0.1, 0.15) is 140 Å². The van der Waals surface area contributed by atoms with Crippen molar-refractivity contribution in [3.63, 3.8) is 0 Å². The monoisotopic (exact) mass is 688 g/mol. The van der Waals surface area contributed by atoms with Gasteiger partial charge in [0.1, 0.15) is 6.10 Å². The molecule has 5 aliphatic carbocycles. The van der Waals surface area contributed by atoms with E-state index in [9.17, 15) is 19.5 Å². The van der Waals surface area contributed by atoms with E-state index in [0.717, 1.165) is 83.7 Å². The summed E-state index contributed by atoms with van der Waals surface area (Å²) in [4.78, 5) is 41.8. The van der Waals surface area contributed by atoms with Crippen LogP contribution in [0.2, 0.25) is 0 Å². The van der Waals surface area contributed by atoms with Crippen LogP contribution in [0.3, 0.4) is 0 Å². The summed E-state index contributed by atoms with van der Waals surface area (Å²) >= 11 is 0. The van der Waals surface area contributed by atoms with E-state index < -0.39 is 11.9 Å². The molecule has 0 unspecified atom stereocenters. The zero-order valence-corrected chi connectivity index (χ0v) is 32.4. The number of carboxylic acid groups (broad SMARTS) is 1. The molecule has 6 rings (SSSR count). The number of nitrogens with zero attached hydrogens (tertiary/aromatic N) is 1. The second-order valence-corrected chi connectivity index (χ2v) is 19.4. The van der Waals surface area contributed by atoms with Crippen molar-refractivity contribution in [3.8, 4) is 0 Å². The van der Waals surface area contributed by atoms with E-state index in [2.05, 4.69) is 78.9 Å². The maximum Gasteiger partial charge on any atom is 0.339 e. The fourth-order valence-electron chi connectivity index (χ4n) is 12.6. The van der Waals surface area contributed by atoms with E-state index in [1.165, 1.54) is 6.07 Å². The van der Waals surface area contributed by atoms with Gasteiger partial charge in [0.15, 0.2) is 0 Å². The number of rotatable bonds is 8. The van der Waals surface area contributed by atoms with Crippen LogP contribution < -0.4 is 5.32 Å². The summed E-state index contributed by atoms with van der Waals surface area (Å²) in [6.45, 7) is 18.8. The molecule has 8 atom stereocenters. The van der Waals surface area contributed by atoms with Crippen LogP contribution in [0, 0.1) is 50.2 Å². The Hall–Kier alpha value is -2.67. The fraction of sp³-hybridized carbons (Fsp3) is 0.744. The molecular formula is C43H64N2O5. The molecule has 1 aromatic rings. The van der Waals surface area contributed by atoms with Gasteiger partial charge >= 0.3 is 11.9 Å². The van der Waals surface area contributed by atoms with E-state index in [1.54, 1.807) is 23.8 Å². The molecular weight excluding hydrogens is 624 g/mol. The van der Waals surface area contributed by atoms with Gasteiger partial charge in [-0.25, -0.2) is 9.59 Å². The van der Waals surface area contributed by atoms with Crippen LogP contribution in [0.5, 0.6) is 0 Å². The summed E-state index contributed by atoms with van der Waals surface area (Å²) in [5, 5.41) is 13.1. The van der Waals surface area contributed by atoms with Crippen LogP contribution in [0.4, 0.5) is 0 Å². The van der Waals surface area contributed by atoms with Crippen LogP contribution in [0.25, 0.3) is 0 Å². The Balaban J connectivity index is 1.27. The second-order valence-electron chi connectivity index (χ2n) is 19.4. The third-order valence-corrected chi connectivity index (χ3v) is 15.7. The first-order valence-electron chi connectivity index (χ1n) is 19.5. The minimum absolute atomic E-state index is 0.0120. The number of benzene rings is 1. The number of allylic oxidation sites excluding steroid dienone is 2. The molecule has 0 bridgehead atoms. The Morgan fingerprint density at radius 1 is 0.880 bits per heavy atom. The fourth-order valence-corrected chi connectivity index (χ4v) is 12.6. The molecule has 50 heavy (non-hydrogen) atoms. The summed E-state index contributed by atoms with van der Waals surface area (Å²) in [5.74, 6) is -0.209. The van der Waals surface area contributed by atoms with Gasteiger partial charge in [0.25, 0.3) is 0 Å². The molecule has 5 aliphatic rings. The number of nitrogens with one attached hydrogen (secondary N) is 1. The molecule has 4 fully saturated rings. The predicted molar refractivity (Wildman–Crippen MR) is 198 cm³/mol. The van der Waals surface area contributed by atoms with Crippen molar-refractivity contribution >= 4 is 17.8 Å². The number of hydrogen-bond donors (Lipinski definition) is 2. The zero-order chi connectivity index (χ0) is 36.5. The van der Waals surface area contributed by atoms with Crippen molar-refractivity contribution in [1.29, 1.82) is 0 Å². The van der Waals surface area contributed by atoms with Gasteiger partial charge in [-0.05, 0) is 143 Å². The molecule has 0 saturated heterocycles. The van der Waals surface area contributed by atoms with Crippen molar-refractivity contribution in [1.82, 2.24) is 10.2 Å². The third-order valence-electron chi connectivity index (χ3n) is 15.7. The van der Waals surface area contributed by atoms with E-state index in [-0.39, 0.29) is 55.6 Å². The second kappa shape index (κ2) is 12.8. The first-order chi connectivity index (χ1) is 23.3. The number of aromatic carboxylic acids is 1. The maximum absolute atomic E-state index is 14.3. The minimum Gasteiger partial charge on any atom is -0.478 e. The number of esters is 1. The molecule has 7 heteroatoms. The standard InChI is InChI=1S/C43H64N2O5/c1-38(2)21-23-43(37(49)44-25-12-26-45(8)9)24-22-41(6)30(31(43)27-38)15-16-33-40(5)19-18-34(39(3,4)32(40)17-20-42(33,41)7)50-36(48)29-14-11-10-13-28(29)35(46)47/h10-11,13-15,31-34H,12,16-27H2,1-9H3,(H,44,49)(H,46,47)/t31-,32-,33+,34-,40-,41+,42+,43-/m0/s1. The summed E-state index contributed by atoms with van der Waals surface area (Å²) in [5.41, 5.74) is 1.56. The number of hydrogen-bond acceptors (Lipinski definition) is 5. The number of amides is 1. The molecule has 0 heterocycles. The summed E-state index contributed by atoms with van der Waals surface area (Å²) < 4.78 is 6.25. The van der Waals surface area contributed by atoms with Gasteiger partial charge in [0, 0.05) is 12.0 Å². The molecule has 7 nitrogen and oxygen atoms in total. The van der Waals surface area contributed by atoms with Crippen molar-refractivity contribution in [2.24, 2.45) is 50.2 Å². The molecule has 0 aromatic heterocycles. The third kappa shape index (κ3) is 5.76. The highest BCUT2D eigenvalue weighted by Crippen LogP contribution is 2.76. The van der Waals surface area contributed by atoms with Gasteiger partial charge in [-0.1, -0.05) is 72.2 Å². The predicted octanol–water partition coefficient (Wildman–Crippen LogP) is 8.78. The highest BCUT2D eigenvalue weighted by molar-refractivity contribution is 6.02. The lowest BCUT2D eigenvalue weighted by Crippen LogP contribution is -2.65. The average molecular weight is 689 g/mol. The van der Waals surface area contributed by atoms with Gasteiger partial charge in [-0.2, -0.15) is 0 Å². The average Bonchev–Trinajstić information content (AvgIpc) is 3.04. The SMILES string of the molecule is CN(C)CCCNC(=O)[C@]12CCC(C)(C)C[C@H]1C1=CC[C@@H]3[C@@]4(C)CC[C@H](OC(=O)c5ccccc5C(=O)O)C(C)(C)[C@@H]4CC[C@@]3(C)[C@]1(C)CC2. The van der Waals surface area contributed by atoms with Crippen LogP contribution in [-0.4, -0.2) is 61.1 Å². The number of carboxylic acids is 1. The van der Waals surface area contributed by atoms with Gasteiger partial charge < -0.3 is 20.1 Å². The van der Waals surface area contributed by atoms with E-state index in [1.807, 2.05) is 0 Å². The van der Waals surface area contributed by atoms with Gasteiger partial charge in [-0.15, -0.1) is 0 Å². The lowest BCUT2D eigenvalue weighted by molar-refractivity contribution is -0.204. The molecule has 0 aliphatic heterocycles. The molecule has 276 valence electrons. The number of ether oxygens (including phenoxy) is 1. The Morgan fingerprint density at radius 2 is 1.56 bits per heavy atom. The van der Waals surface area contributed by atoms with Crippen molar-refractivity contribution in [3.05, 3.63) is 47.0 Å². The number of carbonyl (C=O) groups is 3. The highest BCUT2D eigenvalue weighted by atomic mass is 16.5. The molecule has 1 amide bonds. The first-order valence-corrected chi connectivity index (χ1v) is 19.5. The van der Waals surface area contributed by atoms with Crippen molar-refractivity contribution in [2.75, 3.05) is 27.2 Å². The molecule has 1 aromatic carbocycles. The Bertz CT molecular complexity index is 1540. The maximum atomic E-state index is 14.3. The summed E-state index contributed by atoms with van der Waals surface area (Å²) in [6.07, 6.45) is 13.5. The summed E-state index contributed by atoms with van der Waals surface area (Å²) in [6, 6.07) is 6.37. The normalized spacial score (nSPS) is 38.4. The van der Waals surface area contributed by atoms with Crippen LogP contribution in [-0.2, 0) is 9.53 Å². The molecule has 0 radical (unpaired) electrons. The van der Waals surface area contributed by atoms with E-state index in [4.69, 9.17) is 4.74 Å². The Morgan fingerprint density at radius 3 is 2.24 bits per heavy atom. The Labute approximate surface area is 301 Å². The number of carbonyl (C=O) groups excluding carboxylic acids is 2. The lowest BCUT2D eigenvalue weighted by Gasteiger charge is -2.71. The zero-order valence-electron chi connectivity index (χ0n) is 32.4. The molecule has 4 saturated carbocycles. The van der Waals surface area contributed by atoms with Crippen LogP contribution in [0.15, 0.2) is 35.9 Å². The topological polar surface area (TPSA) is 95.9 Å². The number of fused-ring (bicyclic) bond motifs is 7. The van der Waals surface area contributed by atoms with Crippen molar-refractivity contribution in [2.45, 2.75) is 125 Å². The smallest absolute Gasteiger partial charge is 0.339 e. The Kier molecular flexibility index (Phi) is 9.48. The first kappa shape index (κ1) is 37.1. The van der Waals surface area contributed by atoms with Gasteiger partial charge in [0.05, 0.1) is 16.5 Å². The lowest BCUT2D eigenvalue weighted by atomic mass is 9.33. The van der Waals surface area contributed by atoms with Gasteiger partial charge in [0.2, 0.25) is 5.91 Å². The minimum atomic E-state index is -1.12.